The third-order valence-corrected chi connectivity index (χ3v) is 5.00. The van der Waals surface area contributed by atoms with Crippen LogP contribution >= 0.6 is 0 Å². The fourth-order valence-corrected chi connectivity index (χ4v) is 3.55. The van der Waals surface area contributed by atoms with Crippen molar-refractivity contribution in [3.05, 3.63) is 64.7 Å². The van der Waals surface area contributed by atoms with Gasteiger partial charge in [0.15, 0.2) is 0 Å². The quantitative estimate of drug-likeness (QED) is 0.645. The molecule has 0 aliphatic rings. The molecule has 124 valence electrons. The molecule has 0 radical (unpaired) electrons. The van der Waals surface area contributed by atoms with E-state index in [0.29, 0.717) is 17.6 Å². The summed E-state index contributed by atoms with van der Waals surface area (Å²) >= 11 is 0. The number of aromatic hydroxyl groups is 1. The number of phenolic OH excluding ortho intramolecular Hbond substituents is 1. The Morgan fingerprint density at radius 2 is 1.39 bits per heavy atom. The zero-order chi connectivity index (χ0) is 16.8. The summed E-state index contributed by atoms with van der Waals surface area (Å²) in [6.45, 7) is 9.02. The lowest BCUT2D eigenvalue weighted by Crippen LogP contribution is -2.10. The predicted molar refractivity (Wildman–Crippen MR) is 99.4 cm³/mol. The van der Waals surface area contributed by atoms with Crippen LogP contribution in [-0.4, -0.2) is 5.11 Å². The maximum atomic E-state index is 10.2. The van der Waals surface area contributed by atoms with E-state index in [1.165, 1.54) is 29.5 Å². The Hall–Kier alpha value is -1.76. The van der Waals surface area contributed by atoms with Crippen LogP contribution in [0.25, 0.3) is 0 Å². The van der Waals surface area contributed by atoms with Gasteiger partial charge in [0.25, 0.3) is 0 Å². The van der Waals surface area contributed by atoms with Crippen molar-refractivity contribution >= 4 is 0 Å². The molecule has 1 N–H and O–H groups in total. The smallest absolute Gasteiger partial charge is 0.119 e. The highest BCUT2D eigenvalue weighted by molar-refractivity contribution is 5.42. The van der Waals surface area contributed by atoms with Crippen LogP contribution in [0.4, 0.5) is 0 Å². The predicted octanol–water partition coefficient (Wildman–Crippen LogP) is 6.20. The highest BCUT2D eigenvalue weighted by Gasteiger charge is 2.21. The van der Waals surface area contributed by atoms with Gasteiger partial charge in [-0.25, -0.2) is 0 Å². The van der Waals surface area contributed by atoms with Crippen LogP contribution < -0.4 is 0 Å². The Morgan fingerprint density at radius 3 is 2.04 bits per heavy atom. The van der Waals surface area contributed by atoms with Crippen LogP contribution in [0.3, 0.4) is 0 Å². The largest absolute Gasteiger partial charge is 0.508 e. The van der Waals surface area contributed by atoms with Crippen LogP contribution in [0, 0.1) is 0 Å². The summed E-state index contributed by atoms with van der Waals surface area (Å²) in [7, 11) is 0. The second kappa shape index (κ2) is 8.19. The Kier molecular flexibility index (Phi) is 6.27. The minimum Gasteiger partial charge on any atom is -0.508 e. The minimum atomic E-state index is 0.295. The molecule has 0 bridgehead atoms. The second-order valence-corrected chi connectivity index (χ2v) is 6.62. The topological polar surface area (TPSA) is 20.2 Å². The van der Waals surface area contributed by atoms with Crippen molar-refractivity contribution < 1.29 is 5.11 Å². The molecule has 0 saturated carbocycles. The molecular weight excluding hydrogens is 280 g/mol. The number of para-hydroxylation sites is 1. The van der Waals surface area contributed by atoms with Crippen LogP contribution in [-0.2, 0) is 12.8 Å². The lowest BCUT2D eigenvalue weighted by atomic mass is 9.79. The van der Waals surface area contributed by atoms with Crippen LogP contribution in [0.15, 0.2) is 42.5 Å². The third-order valence-electron chi connectivity index (χ3n) is 5.00. The highest BCUT2D eigenvalue weighted by Crippen LogP contribution is 2.38. The van der Waals surface area contributed by atoms with E-state index in [-0.39, 0.29) is 0 Å². The SMILES string of the molecule is CCCc1cccc(C(C)C(C)c2ccccc2O)c1CCC. The summed E-state index contributed by atoms with van der Waals surface area (Å²) in [6.07, 6.45) is 4.65. The van der Waals surface area contributed by atoms with Crippen LogP contribution in [0.1, 0.15) is 74.6 Å². The average Bonchev–Trinajstić information content (AvgIpc) is 2.56. The minimum absolute atomic E-state index is 0.295. The zero-order valence-electron chi connectivity index (χ0n) is 15.0. The molecule has 23 heavy (non-hydrogen) atoms. The molecule has 1 heteroatoms. The monoisotopic (exact) mass is 310 g/mol. The maximum absolute atomic E-state index is 10.2. The number of phenols is 1. The molecule has 0 aliphatic carbocycles. The van der Waals surface area contributed by atoms with Gasteiger partial charge in [0.05, 0.1) is 0 Å². The van der Waals surface area contributed by atoms with Gasteiger partial charge in [-0.1, -0.05) is 76.9 Å². The van der Waals surface area contributed by atoms with Crippen molar-refractivity contribution in [3.8, 4) is 5.75 Å². The molecule has 2 aromatic carbocycles. The summed E-state index contributed by atoms with van der Waals surface area (Å²) in [5.74, 6) is 1.10. The number of rotatable bonds is 7. The second-order valence-electron chi connectivity index (χ2n) is 6.62. The lowest BCUT2D eigenvalue weighted by molar-refractivity contribution is 0.456. The van der Waals surface area contributed by atoms with E-state index in [2.05, 4.69) is 45.9 Å². The molecule has 1 nitrogen and oxygen atoms in total. The standard InChI is InChI=1S/C22H30O/c1-5-10-18-12-9-14-19(21(18)11-6-2)16(3)17(4)20-13-7-8-15-22(20)23/h7-9,12-17,23H,5-6,10-11H2,1-4H3. The van der Waals surface area contributed by atoms with Gasteiger partial charge in [0.2, 0.25) is 0 Å². The molecule has 0 fully saturated rings. The summed E-state index contributed by atoms with van der Waals surface area (Å²) in [5.41, 5.74) is 5.53. The molecule has 0 aliphatic heterocycles. The van der Waals surface area contributed by atoms with E-state index >= 15 is 0 Å². The number of hydrogen-bond acceptors (Lipinski definition) is 1. The first-order valence-electron chi connectivity index (χ1n) is 8.98. The van der Waals surface area contributed by atoms with Crippen molar-refractivity contribution in [2.75, 3.05) is 0 Å². The molecule has 0 heterocycles. The van der Waals surface area contributed by atoms with Crippen molar-refractivity contribution in [3.63, 3.8) is 0 Å². The van der Waals surface area contributed by atoms with Gasteiger partial charge >= 0.3 is 0 Å². The molecule has 2 atom stereocenters. The number of hydrogen-bond donors (Lipinski definition) is 1. The highest BCUT2D eigenvalue weighted by atomic mass is 16.3. The maximum Gasteiger partial charge on any atom is 0.119 e. The molecule has 0 saturated heterocycles. The molecule has 0 amide bonds. The van der Waals surface area contributed by atoms with Crippen LogP contribution in [0.5, 0.6) is 5.75 Å². The summed E-state index contributed by atoms with van der Waals surface area (Å²) in [6, 6.07) is 14.5. The Morgan fingerprint density at radius 1 is 0.783 bits per heavy atom. The van der Waals surface area contributed by atoms with E-state index in [0.717, 1.165) is 18.4 Å². The van der Waals surface area contributed by atoms with Crippen molar-refractivity contribution in [2.24, 2.45) is 0 Å². The molecule has 2 rings (SSSR count). The van der Waals surface area contributed by atoms with Gasteiger partial charge in [-0.05, 0) is 53.0 Å². The fourth-order valence-electron chi connectivity index (χ4n) is 3.55. The fraction of sp³-hybridized carbons (Fsp3) is 0.455. The number of benzene rings is 2. The lowest BCUT2D eigenvalue weighted by Gasteiger charge is -2.25. The number of aryl methyl sites for hydroxylation is 1. The van der Waals surface area contributed by atoms with Gasteiger partial charge in [-0.3, -0.25) is 0 Å². The van der Waals surface area contributed by atoms with Crippen molar-refractivity contribution in [1.29, 1.82) is 0 Å². The third kappa shape index (κ3) is 3.96. The van der Waals surface area contributed by atoms with E-state index < -0.39 is 0 Å². The van der Waals surface area contributed by atoms with E-state index in [9.17, 15) is 5.11 Å². The Bertz CT molecular complexity index is 630. The molecule has 2 aromatic rings. The van der Waals surface area contributed by atoms with Crippen molar-refractivity contribution in [2.45, 2.75) is 65.2 Å². The van der Waals surface area contributed by atoms with Gasteiger partial charge in [0.1, 0.15) is 5.75 Å². The van der Waals surface area contributed by atoms with Crippen LogP contribution in [0.2, 0.25) is 0 Å². The van der Waals surface area contributed by atoms with Gasteiger partial charge in [-0.2, -0.15) is 0 Å². The summed E-state index contributed by atoms with van der Waals surface area (Å²) in [4.78, 5) is 0. The van der Waals surface area contributed by atoms with E-state index in [4.69, 9.17) is 0 Å². The van der Waals surface area contributed by atoms with E-state index in [1.807, 2.05) is 18.2 Å². The van der Waals surface area contributed by atoms with Gasteiger partial charge in [-0.15, -0.1) is 0 Å². The Balaban J connectivity index is 2.40. The van der Waals surface area contributed by atoms with Gasteiger partial charge in [0, 0.05) is 0 Å². The molecule has 2 unspecified atom stereocenters. The summed E-state index contributed by atoms with van der Waals surface area (Å²) in [5, 5.41) is 10.2. The average molecular weight is 310 g/mol. The molecule has 0 spiro atoms. The Labute approximate surface area is 141 Å². The molecular formula is C22H30O. The first-order valence-corrected chi connectivity index (χ1v) is 8.98. The summed E-state index contributed by atoms with van der Waals surface area (Å²) < 4.78 is 0. The van der Waals surface area contributed by atoms with E-state index in [1.54, 1.807) is 6.07 Å². The van der Waals surface area contributed by atoms with Crippen molar-refractivity contribution in [1.82, 2.24) is 0 Å². The zero-order valence-corrected chi connectivity index (χ0v) is 15.0. The van der Waals surface area contributed by atoms with Gasteiger partial charge < -0.3 is 5.11 Å². The first kappa shape index (κ1) is 17.6. The molecule has 0 aromatic heterocycles. The first-order chi connectivity index (χ1) is 11.1. The normalized spacial score (nSPS) is 13.7.